The third-order valence-corrected chi connectivity index (χ3v) is 5.23. The zero-order valence-electron chi connectivity index (χ0n) is 15.3. The number of methoxy groups -OCH3 is 1. The molecule has 0 radical (unpaired) electrons. The highest BCUT2D eigenvalue weighted by Crippen LogP contribution is 2.35. The number of carbonyl (C=O) groups excluding carboxylic acids is 1. The third kappa shape index (κ3) is 3.18. The Morgan fingerprint density at radius 1 is 1.23 bits per heavy atom. The van der Waals surface area contributed by atoms with Crippen molar-refractivity contribution >= 4 is 16.9 Å². The van der Waals surface area contributed by atoms with Gasteiger partial charge < -0.3 is 19.2 Å². The number of aromatic nitrogens is 1. The van der Waals surface area contributed by atoms with Crippen LogP contribution in [-0.4, -0.2) is 74.0 Å². The van der Waals surface area contributed by atoms with E-state index in [4.69, 9.17) is 14.2 Å². The molecule has 1 saturated heterocycles. The van der Waals surface area contributed by atoms with E-state index in [1.807, 2.05) is 19.1 Å². The summed E-state index contributed by atoms with van der Waals surface area (Å²) in [5.41, 5.74) is 3.43. The fourth-order valence-corrected chi connectivity index (χ4v) is 3.80. The zero-order chi connectivity index (χ0) is 18.1. The Bertz CT molecular complexity index is 811. The largest absolute Gasteiger partial charge is 0.478 e. The number of nitrogens with one attached hydrogen (secondary N) is 1. The summed E-state index contributed by atoms with van der Waals surface area (Å²) in [7, 11) is 1.42. The highest BCUT2D eigenvalue weighted by Gasteiger charge is 2.26. The maximum Gasteiger partial charge on any atom is 0.340 e. The van der Waals surface area contributed by atoms with Gasteiger partial charge in [-0.3, -0.25) is 9.80 Å². The molecule has 1 aromatic heterocycles. The molecular formula is C19H25N3O4. The monoisotopic (exact) mass is 359 g/mol. The van der Waals surface area contributed by atoms with Crippen LogP contribution in [0.1, 0.15) is 21.6 Å². The van der Waals surface area contributed by atoms with E-state index in [1.54, 1.807) is 0 Å². The number of fused-ring (bicyclic) bond motifs is 3. The van der Waals surface area contributed by atoms with E-state index in [1.165, 1.54) is 7.11 Å². The van der Waals surface area contributed by atoms with Crippen LogP contribution in [0, 0.1) is 6.92 Å². The number of esters is 1. The minimum Gasteiger partial charge on any atom is -0.478 e. The number of rotatable bonds is 4. The zero-order valence-corrected chi connectivity index (χ0v) is 15.3. The van der Waals surface area contributed by atoms with Gasteiger partial charge in [0.2, 0.25) is 0 Å². The molecule has 1 aromatic carbocycles. The number of hydrogen-bond acceptors (Lipinski definition) is 6. The first kappa shape index (κ1) is 17.3. The number of hydrogen-bond donors (Lipinski definition) is 1. The van der Waals surface area contributed by atoms with Crippen molar-refractivity contribution in [1.29, 1.82) is 0 Å². The maximum atomic E-state index is 12.3. The summed E-state index contributed by atoms with van der Waals surface area (Å²) < 4.78 is 16.4. The summed E-state index contributed by atoms with van der Waals surface area (Å²) in [5.74, 6) is 0.539. The summed E-state index contributed by atoms with van der Waals surface area (Å²) in [6, 6.07) is 3.95. The molecule has 140 valence electrons. The molecule has 0 aliphatic carbocycles. The number of H-pyrrole nitrogens is 1. The molecule has 2 aromatic rings. The molecule has 0 atom stereocenters. The van der Waals surface area contributed by atoms with Gasteiger partial charge in [-0.2, -0.15) is 0 Å². The van der Waals surface area contributed by atoms with E-state index in [-0.39, 0.29) is 5.97 Å². The van der Waals surface area contributed by atoms with Gasteiger partial charge >= 0.3 is 5.97 Å². The fraction of sp³-hybridized carbons (Fsp3) is 0.526. The number of ether oxygens (including phenoxy) is 3. The Morgan fingerprint density at radius 2 is 2.00 bits per heavy atom. The van der Waals surface area contributed by atoms with Gasteiger partial charge in [0.1, 0.15) is 12.5 Å². The van der Waals surface area contributed by atoms with Crippen LogP contribution in [0.4, 0.5) is 0 Å². The lowest BCUT2D eigenvalue weighted by atomic mass is 10.0. The van der Waals surface area contributed by atoms with Crippen molar-refractivity contribution < 1.29 is 19.0 Å². The topological polar surface area (TPSA) is 67.0 Å². The van der Waals surface area contributed by atoms with Crippen LogP contribution in [0.2, 0.25) is 0 Å². The summed E-state index contributed by atoms with van der Waals surface area (Å²) in [6.45, 7) is 8.74. The van der Waals surface area contributed by atoms with Gasteiger partial charge in [0.15, 0.2) is 0 Å². The molecule has 0 spiro atoms. The smallest absolute Gasteiger partial charge is 0.340 e. The van der Waals surface area contributed by atoms with Crippen molar-refractivity contribution in [3.05, 3.63) is 29.0 Å². The van der Waals surface area contributed by atoms with E-state index < -0.39 is 0 Å². The van der Waals surface area contributed by atoms with E-state index >= 15 is 0 Å². The molecule has 1 N–H and O–H groups in total. The van der Waals surface area contributed by atoms with Crippen LogP contribution in [0.5, 0.6) is 5.75 Å². The number of nitrogens with zero attached hydrogens (tertiary/aromatic N) is 2. The highest BCUT2D eigenvalue weighted by molar-refractivity contribution is 6.07. The van der Waals surface area contributed by atoms with E-state index in [9.17, 15) is 4.79 Å². The lowest BCUT2D eigenvalue weighted by molar-refractivity contribution is 0.0242. The lowest BCUT2D eigenvalue weighted by Crippen LogP contribution is -2.43. The standard InChI is InChI=1S/C19H25N3O4/c1-13-17(19(23)24-2)18-14-11-22(6-5-21-7-9-25-10-8-21)12-26-16(14)4-3-15(18)20-13/h3-4,20H,5-12H2,1-2H3. The van der Waals surface area contributed by atoms with Crippen LogP contribution >= 0.6 is 0 Å². The van der Waals surface area contributed by atoms with Crippen molar-refractivity contribution in [2.75, 3.05) is 53.2 Å². The average molecular weight is 359 g/mol. The predicted molar refractivity (Wildman–Crippen MR) is 97.5 cm³/mol. The maximum absolute atomic E-state index is 12.3. The second kappa shape index (κ2) is 7.26. The van der Waals surface area contributed by atoms with E-state index in [0.29, 0.717) is 12.3 Å². The molecule has 2 aliphatic rings. The minimum absolute atomic E-state index is 0.312. The molecule has 7 heteroatoms. The molecule has 7 nitrogen and oxygen atoms in total. The van der Waals surface area contributed by atoms with Crippen LogP contribution in [-0.2, 0) is 16.0 Å². The van der Waals surface area contributed by atoms with Gasteiger partial charge in [-0.05, 0) is 19.1 Å². The SMILES string of the molecule is COC(=O)c1c(C)[nH]c2ccc3c(c12)CN(CCN1CCOCC1)CO3. The van der Waals surface area contributed by atoms with Gasteiger partial charge in [0, 0.05) is 54.9 Å². The van der Waals surface area contributed by atoms with Crippen molar-refractivity contribution in [3.63, 3.8) is 0 Å². The van der Waals surface area contributed by atoms with Crippen LogP contribution in [0.3, 0.4) is 0 Å². The van der Waals surface area contributed by atoms with Gasteiger partial charge in [-0.25, -0.2) is 4.79 Å². The molecule has 0 bridgehead atoms. The number of morpholine rings is 1. The van der Waals surface area contributed by atoms with Crippen LogP contribution in [0.15, 0.2) is 12.1 Å². The molecule has 0 unspecified atom stereocenters. The highest BCUT2D eigenvalue weighted by atomic mass is 16.5. The minimum atomic E-state index is -0.312. The van der Waals surface area contributed by atoms with Crippen molar-refractivity contribution in [3.8, 4) is 5.75 Å². The molecule has 3 heterocycles. The second-order valence-corrected chi connectivity index (χ2v) is 6.86. The molecule has 4 rings (SSSR count). The Morgan fingerprint density at radius 3 is 2.77 bits per heavy atom. The van der Waals surface area contributed by atoms with Gasteiger partial charge in [0.05, 0.1) is 25.9 Å². The quantitative estimate of drug-likeness (QED) is 0.839. The molecular weight excluding hydrogens is 334 g/mol. The van der Waals surface area contributed by atoms with Gasteiger partial charge in [-0.15, -0.1) is 0 Å². The van der Waals surface area contributed by atoms with Gasteiger partial charge in [-0.1, -0.05) is 0 Å². The molecule has 2 aliphatic heterocycles. The Labute approximate surface area is 152 Å². The van der Waals surface area contributed by atoms with E-state index in [0.717, 1.165) is 73.8 Å². The Balaban J connectivity index is 1.58. The van der Waals surface area contributed by atoms with Gasteiger partial charge in [0.25, 0.3) is 0 Å². The van der Waals surface area contributed by atoms with Crippen LogP contribution in [0.25, 0.3) is 10.9 Å². The predicted octanol–water partition coefficient (Wildman–Crippen LogP) is 1.75. The number of carbonyl (C=O) groups is 1. The summed E-state index contributed by atoms with van der Waals surface area (Å²) >= 11 is 0. The normalized spacial score (nSPS) is 18.5. The Kier molecular flexibility index (Phi) is 4.84. The fourth-order valence-electron chi connectivity index (χ4n) is 3.80. The first-order chi connectivity index (χ1) is 12.7. The first-order valence-corrected chi connectivity index (χ1v) is 9.05. The lowest BCUT2D eigenvalue weighted by Gasteiger charge is -2.33. The second-order valence-electron chi connectivity index (χ2n) is 6.86. The van der Waals surface area contributed by atoms with Crippen LogP contribution < -0.4 is 4.74 Å². The summed E-state index contributed by atoms with van der Waals surface area (Å²) in [4.78, 5) is 20.3. The first-order valence-electron chi connectivity index (χ1n) is 9.05. The third-order valence-electron chi connectivity index (χ3n) is 5.23. The average Bonchev–Trinajstić information content (AvgIpc) is 3.02. The van der Waals surface area contributed by atoms with Crippen molar-refractivity contribution in [1.82, 2.24) is 14.8 Å². The van der Waals surface area contributed by atoms with Crippen molar-refractivity contribution in [2.24, 2.45) is 0 Å². The number of aryl methyl sites for hydroxylation is 1. The van der Waals surface area contributed by atoms with E-state index in [2.05, 4.69) is 14.8 Å². The molecule has 26 heavy (non-hydrogen) atoms. The molecule has 1 fully saturated rings. The van der Waals surface area contributed by atoms with Crippen molar-refractivity contribution in [2.45, 2.75) is 13.5 Å². The molecule has 0 amide bonds. The summed E-state index contributed by atoms with van der Waals surface area (Å²) in [6.07, 6.45) is 0. The molecule has 0 saturated carbocycles. The number of aromatic amines is 1. The number of benzene rings is 1. The Hall–Kier alpha value is -2.09. The summed E-state index contributed by atoms with van der Waals surface area (Å²) in [5, 5.41) is 0.919.